The molecule has 0 saturated carbocycles. The number of thioether (sulfide) groups is 1. The largest absolute Gasteiger partial charge is 0.468 e. The number of aliphatic hydroxyl groups is 1. The fourth-order valence-electron chi connectivity index (χ4n) is 0.862. The van der Waals surface area contributed by atoms with Crippen molar-refractivity contribution < 1.29 is 9.52 Å². The molecule has 1 aromatic heterocycles. The van der Waals surface area contributed by atoms with Gasteiger partial charge in [-0.1, -0.05) is 0 Å². The van der Waals surface area contributed by atoms with Crippen LogP contribution < -0.4 is 0 Å². The van der Waals surface area contributed by atoms with Crippen LogP contribution >= 0.6 is 11.8 Å². The predicted molar refractivity (Wildman–Crippen MR) is 50.5 cm³/mol. The summed E-state index contributed by atoms with van der Waals surface area (Å²) >= 11 is 1.73. The fourth-order valence-corrected chi connectivity index (χ4v) is 1.94. The van der Waals surface area contributed by atoms with Crippen molar-refractivity contribution in [3.8, 4) is 0 Å². The van der Waals surface area contributed by atoms with Gasteiger partial charge in [-0.05, 0) is 26.3 Å². The Kier molecular flexibility index (Phi) is 3.69. The van der Waals surface area contributed by atoms with Gasteiger partial charge >= 0.3 is 0 Å². The van der Waals surface area contributed by atoms with E-state index in [1.54, 1.807) is 18.0 Å². The lowest BCUT2D eigenvalue weighted by Gasteiger charge is -2.02. The molecule has 2 nitrogen and oxygen atoms in total. The zero-order valence-electron chi connectivity index (χ0n) is 7.41. The molecule has 3 heteroatoms. The third-order valence-electron chi connectivity index (χ3n) is 1.60. The number of aryl methyl sites for hydroxylation is 1. The van der Waals surface area contributed by atoms with Crippen LogP contribution in [0.25, 0.3) is 0 Å². The summed E-state index contributed by atoms with van der Waals surface area (Å²) in [7, 11) is 0. The molecule has 1 N–H and O–H groups in total. The lowest BCUT2D eigenvalue weighted by molar-refractivity contribution is 0.192. The average Bonchev–Trinajstić information content (AvgIpc) is 2.36. The fraction of sp³-hybridized carbons (Fsp3) is 0.556. The monoisotopic (exact) mass is 186 g/mol. The number of hydrogen-bond donors (Lipinski definition) is 1. The molecule has 0 radical (unpaired) electrons. The first-order valence-corrected chi connectivity index (χ1v) is 5.03. The van der Waals surface area contributed by atoms with Crippen molar-refractivity contribution in [2.45, 2.75) is 31.3 Å². The highest BCUT2D eigenvalue weighted by Crippen LogP contribution is 2.23. The molecule has 68 valence electrons. The minimum absolute atomic E-state index is 0.204. The van der Waals surface area contributed by atoms with Gasteiger partial charge in [-0.25, -0.2) is 0 Å². The smallest absolute Gasteiger partial charge is 0.114 e. The Morgan fingerprint density at radius 3 is 2.92 bits per heavy atom. The molecule has 0 aromatic carbocycles. The summed E-state index contributed by atoms with van der Waals surface area (Å²) in [5.41, 5.74) is 0. The summed E-state index contributed by atoms with van der Waals surface area (Å²) in [5, 5.41) is 9.01. The van der Waals surface area contributed by atoms with E-state index in [0.29, 0.717) is 0 Å². The molecule has 1 aromatic rings. The van der Waals surface area contributed by atoms with Crippen LogP contribution in [0.15, 0.2) is 21.6 Å². The van der Waals surface area contributed by atoms with Gasteiger partial charge in [0.1, 0.15) is 5.76 Å². The highest BCUT2D eigenvalue weighted by molar-refractivity contribution is 7.99. The molecule has 0 aliphatic heterocycles. The number of aliphatic hydroxyl groups excluding tert-OH is 1. The van der Waals surface area contributed by atoms with Crippen LogP contribution in [0.4, 0.5) is 0 Å². The van der Waals surface area contributed by atoms with Crippen molar-refractivity contribution in [1.82, 2.24) is 0 Å². The van der Waals surface area contributed by atoms with Crippen LogP contribution in [0.3, 0.4) is 0 Å². The van der Waals surface area contributed by atoms with Crippen molar-refractivity contribution in [2.24, 2.45) is 0 Å². The van der Waals surface area contributed by atoms with E-state index in [4.69, 9.17) is 9.52 Å². The Bertz CT molecular complexity index is 230. The SMILES string of the molecule is Cc1occc1SCCC(C)O. The highest BCUT2D eigenvalue weighted by atomic mass is 32.2. The Morgan fingerprint density at radius 2 is 2.42 bits per heavy atom. The maximum atomic E-state index is 9.01. The van der Waals surface area contributed by atoms with Gasteiger partial charge in [0.25, 0.3) is 0 Å². The zero-order chi connectivity index (χ0) is 8.97. The topological polar surface area (TPSA) is 33.4 Å². The molecular formula is C9H14O2S. The maximum absolute atomic E-state index is 9.01. The molecule has 1 atom stereocenters. The zero-order valence-corrected chi connectivity index (χ0v) is 8.23. The van der Waals surface area contributed by atoms with Crippen LogP contribution in [0.2, 0.25) is 0 Å². The summed E-state index contributed by atoms with van der Waals surface area (Å²) < 4.78 is 5.14. The van der Waals surface area contributed by atoms with Gasteiger partial charge in [-0.2, -0.15) is 0 Å². The molecule has 0 bridgehead atoms. The normalized spacial score (nSPS) is 13.2. The van der Waals surface area contributed by atoms with Gasteiger partial charge in [0.05, 0.1) is 12.4 Å². The van der Waals surface area contributed by atoms with Crippen molar-refractivity contribution >= 4 is 11.8 Å². The molecule has 0 aliphatic rings. The lowest BCUT2D eigenvalue weighted by atomic mass is 10.3. The van der Waals surface area contributed by atoms with Crippen LogP contribution in [0.5, 0.6) is 0 Å². The van der Waals surface area contributed by atoms with Crippen molar-refractivity contribution in [3.05, 3.63) is 18.1 Å². The van der Waals surface area contributed by atoms with Gasteiger partial charge in [0.15, 0.2) is 0 Å². The standard InChI is InChI=1S/C9H14O2S/c1-7(10)4-6-12-9-3-5-11-8(9)2/h3,5,7,10H,4,6H2,1-2H3. The molecule has 12 heavy (non-hydrogen) atoms. The van der Waals surface area contributed by atoms with Crippen LogP contribution in [-0.4, -0.2) is 17.0 Å². The van der Waals surface area contributed by atoms with E-state index in [0.717, 1.165) is 17.9 Å². The summed E-state index contributed by atoms with van der Waals surface area (Å²) in [6, 6.07) is 1.96. The van der Waals surface area contributed by atoms with Crippen LogP contribution in [-0.2, 0) is 0 Å². The van der Waals surface area contributed by atoms with Gasteiger partial charge in [0, 0.05) is 10.6 Å². The van der Waals surface area contributed by atoms with Gasteiger partial charge in [-0.15, -0.1) is 11.8 Å². The Morgan fingerprint density at radius 1 is 1.67 bits per heavy atom. The lowest BCUT2D eigenvalue weighted by Crippen LogP contribution is -2.00. The maximum Gasteiger partial charge on any atom is 0.114 e. The number of furan rings is 1. The summed E-state index contributed by atoms with van der Waals surface area (Å²) in [6.45, 7) is 3.76. The molecular weight excluding hydrogens is 172 g/mol. The van der Waals surface area contributed by atoms with Crippen LogP contribution in [0.1, 0.15) is 19.1 Å². The van der Waals surface area contributed by atoms with E-state index < -0.39 is 0 Å². The third kappa shape index (κ3) is 2.91. The second kappa shape index (κ2) is 4.58. The molecule has 0 saturated heterocycles. The first-order valence-electron chi connectivity index (χ1n) is 4.05. The first kappa shape index (κ1) is 9.68. The van der Waals surface area contributed by atoms with Crippen molar-refractivity contribution in [3.63, 3.8) is 0 Å². The molecule has 0 spiro atoms. The minimum atomic E-state index is -0.204. The molecule has 0 fully saturated rings. The number of hydrogen-bond acceptors (Lipinski definition) is 3. The van der Waals surface area contributed by atoms with Crippen molar-refractivity contribution in [2.75, 3.05) is 5.75 Å². The van der Waals surface area contributed by atoms with E-state index in [1.807, 2.05) is 19.9 Å². The molecule has 1 heterocycles. The van der Waals surface area contributed by atoms with E-state index in [-0.39, 0.29) is 6.10 Å². The highest BCUT2D eigenvalue weighted by Gasteiger charge is 2.02. The van der Waals surface area contributed by atoms with E-state index in [9.17, 15) is 0 Å². The Balaban J connectivity index is 2.29. The molecule has 0 amide bonds. The van der Waals surface area contributed by atoms with E-state index in [1.165, 1.54) is 4.90 Å². The Labute approximate surface area is 77.0 Å². The molecule has 0 aliphatic carbocycles. The predicted octanol–water partition coefficient (Wildman–Crippen LogP) is 2.45. The quantitative estimate of drug-likeness (QED) is 0.733. The van der Waals surface area contributed by atoms with E-state index in [2.05, 4.69) is 0 Å². The molecule has 1 rings (SSSR count). The summed E-state index contributed by atoms with van der Waals surface area (Å²) in [6.07, 6.45) is 2.32. The third-order valence-corrected chi connectivity index (χ3v) is 2.78. The minimum Gasteiger partial charge on any atom is -0.468 e. The average molecular weight is 186 g/mol. The first-order chi connectivity index (χ1) is 5.70. The van der Waals surface area contributed by atoms with Gasteiger partial charge in [-0.3, -0.25) is 0 Å². The summed E-state index contributed by atoms with van der Waals surface area (Å²) in [4.78, 5) is 1.18. The van der Waals surface area contributed by atoms with Crippen molar-refractivity contribution in [1.29, 1.82) is 0 Å². The van der Waals surface area contributed by atoms with E-state index >= 15 is 0 Å². The second-order valence-electron chi connectivity index (χ2n) is 2.83. The second-order valence-corrected chi connectivity index (χ2v) is 3.96. The summed E-state index contributed by atoms with van der Waals surface area (Å²) in [5.74, 6) is 1.91. The Hall–Kier alpha value is -0.410. The van der Waals surface area contributed by atoms with Gasteiger partial charge in [0.2, 0.25) is 0 Å². The van der Waals surface area contributed by atoms with Gasteiger partial charge < -0.3 is 9.52 Å². The number of rotatable bonds is 4. The molecule has 1 unspecified atom stereocenters. The van der Waals surface area contributed by atoms with Crippen LogP contribution in [0, 0.1) is 6.92 Å².